The van der Waals surface area contributed by atoms with Gasteiger partial charge < -0.3 is 19.4 Å². The van der Waals surface area contributed by atoms with Gasteiger partial charge in [0.2, 0.25) is 0 Å². The number of hydrogen-bond donors (Lipinski definition) is 2. The van der Waals surface area contributed by atoms with Crippen molar-refractivity contribution in [1.82, 2.24) is 0 Å². The normalized spacial score (nSPS) is 41.0. The largest absolute Gasteiger partial charge is 0.504 e. The molecule has 5 unspecified atom stereocenters. The van der Waals surface area contributed by atoms with Gasteiger partial charge in [-0.2, -0.15) is 0 Å². The second-order valence-corrected chi connectivity index (χ2v) is 8.57. The van der Waals surface area contributed by atoms with E-state index in [1.807, 2.05) is 19.1 Å². The lowest BCUT2D eigenvalue weighted by Crippen LogP contribution is -2.78. The van der Waals surface area contributed by atoms with Crippen LogP contribution in [0.15, 0.2) is 24.8 Å². The number of ether oxygens (including phenoxy) is 1. The zero-order valence-corrected chi connectivity index (χ0v) is 15.8. The molecule has 3 aliphatic rings. The number of hydrogen-bond acceptors (Lipinski definition) is 4. The Kier molecular flexibility index (Phi) is 3.60. The molecule has 0 amide bonds. The summed E-state index contributed by atoms with van der Waals surface area (Å²) in [7, 11) is 2.15. The Morgan fingerprint density at radius 3 is 2.85 bits per heavy atom. The Hall–Kier alpha value is -1.85. The second kappa shape index (κ2) is 5.33. The minimum atomic E-state index is -1.08. The summed E-state index contributed by atoms with van der Waals surface area (Å²) in [5.74, 6) is 0.457. The van der Waals surface area contributed by atoms with Gasteiger partial charge in [0.25, 0.3) is 0 Å². The van der Waals surface area contributed by atoms with Crippen LogP contribution in [0.2, 0.25) is 0 Å². The summed E-state index contributed by atoms with van der Waals surface area (Å²) in [6.07, 6.45) is 2.55. The fraction of sp³-hybridized carbons (Fsp3) is 0.571. The molecule has 5 nitrogen and oxygen atoms in total. The molecule has 2 heterocycles. The van der Waals surface area contributed by atoms with Gasteiger partial charge in [0.1, 0.15) is 11.6 Å². The lowest BCUT2D eigenvalue weighted by atomic mass is 9.52. The van der Waals surface area contributed by atoms with Gasteiger partial charge in [-0.15, -0.1) is 0 Å². The third-order valence-electron chi connectivity index (χ3n) is 7.48. The number of likely N-dealkylation sites (N-methyl/N-ethyl adjacent to an activating group) is 1. The number of Topliss-reactive ketones (excluding diaryl/α,β-unsaturated/α-hetero) is 1. The molecule has 4 rings (SSSR count). The second-order valence-electron chi connectivity index (χ2n) is 8.57. The third-order valence-corrected chi connectivity index (χ3v) is 7.48. The van der Waals surface area contributed by atoms with Crippen LogP contribution in [0.3, 0.4) is 0 Å². The number of aromatic hydroxyl groups is 1. The number of ketones is 1. The standard InChI is InChI=1S/C21H27NO4/c1-5-11-22(4)12-10-20-17-13(2)6-7-15(23)18(17)26-19(20)16(24)8-9-21(20,25)14(22)3/h5-7,14,19,25H,1,8-12H2,2-4H3/p+1. The maximum absolute atomic E-state index is 12.8. The number of rotatable bonds is 2. The average Bonchev–Trinajstić information content (AvgIpc) is 2.97. The topological polar surface area (TPSA) is 66.8 Å². The van der Waals surface area contributed by atoms with Gasteiger partial charge in [-0.1, -0.05) is 12.6 Å². The van der Waals surface area contributed by atoms with Gasteiger partial charge in [-0.25, -0.2) is 0 Å². The van der Waals surface area contributed by atoms with Crippen molar-refractivity contribution >= 4 is 5.78 Å². The number of carbonyl (C=O) groups excluding carboxylic acids is 1. The Labute approximate surface area is 154 Å². The third kappa shape index (κ3) is 1.85. The number of phenolic OH excluding ortho intramolecular Hbond substituents is 1. The highest BCUT2D eigenvalue weighted by Crippen LogP contribution is 2.62. The molecular formula is C21H28NO4+. The molecule has 2 N–H and O–H groups in total. The molecule has 0 aromatic heterocycles. The number of nitrogens with zero attached hydrogens (tertiary/aromatic N) is 1. The first-order valence-electron chi connectivity index (χ1n) is 9.41. The van der Waals surface area contributed by atoms with Gasteiger partial charge >= 0.3 is 0 Å². The Bertz CT molecular complexity index is 805. The number of likely N-dealkylation sites (tertiary alicyclic amines) is 1. The van der Waals surface area contributed by atoms with Crippen molar-refractivity contribution < 1.29 is 24.2 Å². The minimum absolute atomic E-state index is 0.0247. The number of carbonyl (C=O) groups is 1. The highest BCUT2D eigenvalue weighted by Gasteiger charge is 2.73. The SMILES string of the molecule is C=CC[N+]1(C)CCC23c4c(C)ccc(O)c4OC2C(=O)CCC3(O)C1C. The highest BCUT2D eigenvalue weighted by atomic mass is 16.5. The molecule has 2 fully saturated rings. The quantitative estimate of drug-likeness (QED) is 0.628. The van der Waals surface area contributed by atoms with E-state index in [0.717, 1.165) is 24.2 Å². The number of fused-ring (bicyclic) bond motifs is 1. The maximum atomic E-state index is 12.8. The van der Waals surface area contributed by atoms with E-state index in [0.29, 0.717) is 29.5 Å². The van der Waals surface area contributed by atoms with Crippen molar-refractivity contribution in [2.24, 2.45) is 0 Å². The molecule has 140 valence electrons. The van der Waals surface area contributed by atoms with Crippen molar-refractivity contribution in [3.63, 3.8) is 0 Å². The Morgan fingerprint density at radius 1 is 1.42 bits per heavy atom. The van der Waals surface area contributed by atoms with E-state index in [2.05, 4.69) is 20.6 Å². The van der Waals surface area contributed by atoms with Crippen LogP contribution < -0.4 is 4.74 Å². The van der Waals surface area contributed by atoms with Crippen LogP contribution in [0.5, 0.6) is 11.5 Å². The van der Waals surface area contributed by atoms with Gasteiger partial charge in [0.15, 0.2) is 23.4 Å². The Morgan fingerprint density at radius 2 is 2.15 bits per heavy atom. The fourth-order valence-electron chi connectivity index (χ4n) is 5.88. The van der Waals surface area contributed by atoms with Crippen molar-refractivity contribution in [2.45, 2.75) is 56.3 Å². The molecule has 1 saturated heterocycles. The molecule has 1 aliphatic carbocycles. The number of aryl methyl sites for hydroxylation is 1. The van der Waals surface area contributed by atoms with Crippen LogP contribution in [0.1, 0.15) is 37.3 Å². The van der Waals surface area contributed by atoms with E-state index in [4.69, 9.17) is 4.74 Å². The van der Waals surface area contributed by atoms with E-state index in [1.54, 1.807) is 6.07 Å². The van der Waals surface area contributed by atoms with Crippen molar-refractivity contribution in [2.75, 3.05) is 20.1 Å². The molecule has 1 spiro atoms. The molecule has 1 saturated carbocycles. The predicted molar refractivity (Wildman–Crippen MR) is 98.3 cm³/mol. The summed E-state index contributed by atoms with van der Waals surface area (Å²) in [6.45, 7) is 9.52. The van der Waals surface area contributed by atoms with Crippen molar-refractivity contribution in [3.8, 4) is 11.5 Å². The first-order chi connectivity index (χ1) is 12.2. The average molecular weight is 358 g/mol. The first-order valence-corrected chi connectivity index (χ1v) is 9.41. The maximum Gasteiger partial charge on any atom is 0.174 e. The number of benzene rings is 1. The number of piperidine rings is 1. The zero-order chi connectivity index (χ0) is 18.9. The summed E-state index contributed by atoms with van der Waals surface area (Å²) < 4.78 is 6.74. The molecule has 0 bridgehead atoms. The van der Waals surface area contributed by atoms with Crippen molar-refractivity contribution in [3.05, 3.63) is 35.9 Å². The van der Waals surface area contributed by atoms with E-state index < -0.39 is 17.1 Å². The highest BCUT2D eigenvalue weighted by molar-refractivity contribution is 5.89. The number of phenols is 1. The van der Waals surface area contributed by atoms with Crippen molar-refractivity contribution in [1.29, 1.82) is 0 Å². The molecule has 5 heteroatoms. The van der Waals surface area contributed by atoms with Crippen LogP contribution >= 0.6 is 0 Å². The molecule has 1 aromatic rings. The summed E-state index contributed by atoms with van der Waals surface area (Å²) in [5, 5.41) is 22.5. The summed E-state index contributed by atoms with van der Waals surface area (Å²) in [6, 6.07) is 3.38. The Balaban J connectivity index is 1.97. The summed E-state index contributed by atoms with van der Waals surface area (Å²) in [5.41, 5.74) is -0.0836. The monoisotopic (exact) mass is 358 g/mol. The lowest BCUT2D eigenvalue weighted by molar-refractivity contribution is -0.941. The van der Waals surface area contributed by atoms with E-state index >= 15 is 0 Å². The molecule has 0 radical (unpaired) electrons. The number of aliphatic hydroxyl groups is 1. The molecule has 5 atom stereocenters. The molecule has 1 aromatic carbocycles. The van der Waals surface area contributed by atoms with E-state index in [9.17, 15) is 15.0 Å². The zero-order valence-electron chi connectivity index (χ0n) is 15.8. The van der Waals surface area contributed by atoms with Crippen LogP contribution in [-0.4, -0.2) is 58.4 Å². The van der Waals surface area contributed by atoms with E-state index in [1.165, 1.54) is 0 Å². The van der Waals surface area contributed by atoms with Gasteiger partial charge in [-0.3, -0.25) is 4.79 Å². The summed E-state index contributed by atoms with van der Waals surface area (Å²) in [4.78, 5) is 12.8. The van der Waals surface area contributed by atoms with Crippen LogP contribution in [0.4, 0.5) is 0 Å². The minimum Gasteiger partial charge on any atom is -0.504 e. The fourth-order valence-corrected chi connectivity index (χ4v) is 5.88. The van der Waals surface area contributed by atoms with Crippen LogP contribution in [0.25, 0.3) is 0 Å². The lowest BCUT2D eigenvalue weighted by Gasteiger charge is -2.61. The summed E-state index contributed by atoms with van der Waals surface area (Å²) >= 11 is 0. The number of quaternary nitrogens is 1. The molecule has 26 heavy (non-hydrogen) atoms. The van der Waals surface area contributed by atoms with Gasteiger partial charge in [-0.05, 0) is 38.0 Å². The first kappa shape index (κ1) is 17.6. The van der Waals surface area contributed by atoms with E-state index in [-0.39, 0.29) is 17.6 Å². The van der Waals surface area contributed by atoms with Gasteiger partial charge in [0.05, 0.1) is 25.6 Å². The molecular weight excluding hydrogens is 330 g/mol. The van der Waals surface area contributed by atoms with Crippen LogP contribution in [-0.2, 0) is 10.2 Å². The smallest absolute Gasteiger partial charge is 0.174 e. The predicted octanol–water partition coefficient (Wildman–Crippen LogP) is 2.22. The van der Waals surface area contributed by atoms with Gasteiger partial charge in [0, 0.05) is 18.4 Å². The molecule has 2 aliphatic heterocycles. The van der Waals surface area contributed by atoms with Crippen LogP contribution in [0, 0.1) is 6.92 Å².